The normalized spacial score (nSPS) is 15.3. The molecule has 1 heterocycles. The van der Waals surface area contributed by atoms with Crippen molar-refractivity contribution in [3.63, 3.8) is 0 Å². The van der Waals surface area contributed by atoms with Crippen LogP contribution in [0.3, 0.4) is 0 Å². The van der Waals surface area contributed by atoms with E-state index in [2.05, 4.69) is 24.1 Å². The number of nitrogens with zero attached hydrogens (tertiary/aromatic N) is 1. The SMILES string of the molecule is CCNC(CC)C(C)Sc1ccc(C(F)(F)F)cn1. The van der Waals surface area contributed by atoms with Crippen molar-refractivity contribution in [1.82, 2.24) is 10.3 Å². The fourth-order valence-corrected chi connectivity index (χ4v) is 2.89. The van der Waals surface area contributed by atoms with Crippen LogP contribution in [0.15, 0.2) is 23.4 Å². The van der Waals surface area contributed by atoms with Crippen molar-refractivity contribution in [1.29, 1.82) is 0 Å². The Morgan fingerprint density at radius 1 is 1.32 bits per heavy atom. The summed E-state index contributed by atoms with van der Waals surface area (Å²) in [7, 11) is 0. The molecule has 0 saturated heterocycles. The number of rotatable bonds is 6. The molecule has 0 saturated carbocycles. The van der Waals surface area contributed by atoms with E-state index >= 15 is 0 Å². The maximum absolute atomic E-state index is 12.4. The van der Waals surface area contributed by atoms with Crippen LogP contribution >= 0.6 is 11.8 Å². The van der Waals surface area contributed by atoms with Crippen LogP contribution in [-0.4, -0.2) is 22.8 Å². The highest BCUT2D eigenvalue weighted by molar-refractivity contribution is 7.99. The second-order valence-electron chi connectivity index (χ2n) is 4.28. The lowest BCUT2D eigenvalue weighted by Crippen LogP contribution is -2.35. The number of hydrogen-bond donors (Lipinski definition) is 1. The van der Waals surface area contributed by atoms with Gasteiger partial charge in [0.2, 0.25) is 0 Å². The number of halogens is 3. The molecule has 0 fully saturated rings. The van der Waals surface area contributed by atoms with E-state index in [9.17, 15) is 13.2 Å². The van der Waals surface area contributed by atoms with Gasteiger partial charge in [0, 0.05) is 17.5 Å². The van der Waals surface area contributed by atoms with Gasteiger partial charge in [-0.2, -0.15) is 13.2 Å². The molecule has 0 aliphatic carbocycles. The summed E-state index contributed by atoms with van der Waals surface area (Å²) < 4.78 is 37.2. The largest absolute Gasteiger partial charge is 0.417 e. The first-order valence-corrected chi connectivity index (χ1v) is 7.19. The Morgan fingerprint density at radius 2 is 2.00 bits per heavy atom. The Hall–Kier alpha value is -0.750. The molecule has 0 bridgehead atoms. The Balaban J connectivity index is 2.67. The van der Waals surface area contributed by atoms with Crippen molar-refractivity contribution in [2.75, 3.05) is 6.54 Å². The van der Waals surface area contributed by atoms with Crippen molar-refractivity contribution < 1.29 is 13.2 Å². The minimum absolute atomic E-state index is 0.259. The molecule has 1 rings (SSSR count). The maximum Gasteiger partial charge on any atom is 0.417 e. The summed E-state index contributed by atoms with van der Waals surface area (Å²) in [5.41, 5.74) is -0.705. The maximum atomic E-state index is 12.4. The van der Waals surface area contributed by atoms with E-state index in [4.69, 9.17) is 0 Å². The van der Waals surface area contributed by atoms with E-state index in [1.807, 2.05) is 6.92 Å². The van der Waals surface area contributed by atoms with Crippen molar-refractivity contribution in [2.24, 2.45) is 0 Å². The van der Waals surface area contributed by atoms with Crippen LogP contribution in [0.2, 0.25) is 0 Å². The van der Waals surface area contributed by atoms with E-state index in [1.54, 1.807) is 0 Å². The van der Waals surface area contributed by atoms with Gasteiger partial charge in [0.15, 0.2) is 0 Å². The Bertz CT molecular complexity index is 378. The van der Waals surface area contributed by atoms with Gasteiger partial charge in [0.1, 0.15) is 0 Å². The van der Waals surface area contributed by atoms with Crippen LogP contribution in [0.4, 0.5) is 13.2 Å². The first kappa shape index (κ1) is 16.3. The summed E-state index contributed by atoms with van der Waals surface area (Å²) >= 11 is 1.49. The van der Waals surface area contributed by atoms with Crippen LogP contribution in [-0.2, 0) is 6.18 Å². The fraction of sp³-hybridized carbons (Fsp3) is 0.615. The molecule has 0 aromatic carbocycles. The van der Waals surface area contributed by atoms with Gasteiger partial charge in [-0.15, -0.1) is 11.8 Å². The van der Waals surface area contributed by atoms with Gasteiger partial charge in [0.25, 0.3) is 0 Å². The number of pyridine rings is 1. The summed E-state index contributed by atoms with van der Waals surface area (Å²) in [4.78, 5) is 3.88. The Kier molecular flexibility index (Phi) is 6.13. The van der Waals surface area contributed by atoms with Crippen LogP contribution in [0.5, 0.6) is 0 Å². The molecule has 1 aromatic rings. The molecule has 2 nitrogen and oxygen atoms in total. The first-order chi connectivity index (χ1) is 8.88. The molecule has 0 aliphatic heterocycles. The predicted octanol–water partition coefficient (Wildman–Crippen LogP) is 3.97. The molecular weight excluding hydrogens is 273 g/mol. The molecule has 0 radical (unpaired) electrons. The first-order valence-electron chi connectivity index (χ1n) is 6.31. The van der Waals surface area contributed by atoms with Crippen molar-refractivity contribution in [2.45, 2.75) is 49.7 Å². The molecule has 2 unspecified atom stereocenters. The summed E-state index contributed by atoms with van der Waals surface area (Å²) in [6.45, 7) is 7.06. The van der Waals surface area contributed by atoms with E-state index in [0.717, 1.165) is 25.2 Å². The van der Waals surface area contributed by atoms with Crippen molar-refractivity contribution in [3.8, 4) is 0 Å². The lowest BCUT2D eigenvalue weighted by molar-refractivity contribution is -0.137. The molecule has 6 heteroatoms. The monoisotopic (exact) mass is 292 g/mol. The molecule has 0 spiro atoms. The zero-order valence-corrected chi connectivity index (χ0v) is 12.1. The van der Waals surface area contributed by atoms with E-state index in [-0.39, 0.29) is 5.25 Å². The molecular formula is C13H19F3N2S. The number of alkyl halides is 3. The molecule has 1 aromatic heterocycles. The van der Waals surface area contributed by atoms with Gasteiger partial charge >= 0.3 is 6.18 Å². The third-order valence-corrected chi connectivity index (χ3v) is 4.03. The highest BCUT2D eigenvalue weighted by Gasteiger charge is 2.30. The van der Waals surface area contributed by atoms with Gasteiger partial charge in [0.05, 0.1) is 10.6 Å². The molecule has 19 heavy (non-hydrogen) atoms. The van der Waals surface area contributed by atoms with Gasteiger partial charge in [-0.05, 0) is 25.1 Å². The standard InChI is InChI=1S/C13H19F3N2S/c1-4-11(17-5-2)9(3)19-12-7-6-10(8-18-12)13(14,15)16/h6-9,11,17H,4-5H2,1-3H3. The topological polar surface area (TPSA) is 24.9 Å². The molecule has 0 amide bonds. The zero-order valence-electron chi connectivity index (χ0n) is 11.3. The third kappa shape index (κ3) is 5.03. The quantitative estimate of drug-likeness (QED) is 0.803. The third-order valence-electron chi connectivity index (χ3n) is 2.84. The smallest absolute Gasteiger partial charge is 0.313 e. The minimum atomic E-state index is -4.32. The average Bonchev–Trinajstić information content (AvgIpc) is 2.35. The van der Waals surface area contributed by atoms with Crippen LogP contribution in [0, 0.1) is 0 Å². The lowest BCUT2D eigenvalue weighted by Gasteiger charge is -2.22. The molecule has 1 N–H and O–H groups in total. The van der Waals surface area contributed by atoms with Gasteiger partial charge < -0.3 is 5.32 Å². The predicted molar refractivity (Wildman–Crippen MR) is 72.3 cm³/mol. The second kappa shape index (κ2) is 7.14. The van der Waals surface area contributed by atoms with Crippen LogP contribution in [0.25, 0.3) is 0 Å². The van der Waals surface area contributed by atoms with E-state index < -0.39 is 11.7 Å². The summed E-state index contributed by atoms with van der Waals surface area (Å²) in [6.07, 6.45) is -2.45. The van der Waals surface area contributed by atoms with Crippen molar-refractivity contribution >= 4 is 11.8 Å². The molecule has 108 valence electrons. The number of hydrogen-bond acceptors (Lipinski definition) is 3. The van der Waals surface area contributed by atoms with Crippen molar-refractivity contribution in [3.05, 3.63) is 23.9 Å². The fourth-order valence-electron chi connectivity index (χ4n) is 1.79. The summed E-state index contributed by atoms with van der Waals surface area (Å²) in [5, 5.41) is 4.24. The van der Waals surface area contributed by atoms with Gasteiger partial charge in [-0.25, -0.2) is 4.98 Å². The molecule has 0 aliphatic rings. The zero-order chi connectivity index (χ0) is 14.5. The number of thioether (sulfide) groups is 1. The van der Waals surface area contributed by atoms with E-state index in [0.29, 0.717) is 11.1 Å². The second-order valence-corrected chi connectivity index (χ2v) is 5.68. The minimum Gasteiger partial charge on any atom is -0.313 e. The molecule has 2 atom stereocenters. The highest BCUT2D eigenvalue weighted by atomic mass is 32.2. The van der Waals surface area contributed by atoms with Crippen LogP contribution < -0.4 is 5.32 Å². The summed E-state index contributed by atoms with van der Waals surface area (Å²) in [5.74, 6) is 0. The average molecular weight is 292 g/mol. The Morgan fingerprint density at radius 3 is 2.42 bits per heavy atom. The van der Waals surface area contributed by atoms with Crippen LogP contribution in [0.1, 0.15) is 32.8 Å². The highest BCUT2D eigenvalue weighted by Crippen LogP contribution is 2.30. The van der Waals surface area contributed by atoms with E-state index in [1.165, 1.54) is 17.8 Å². The van der Waals surface area contributed by atoms with Gasteiger partial charge in [-0.3, -0.25) is 0 Å². The lowest BCUT2D eigenvalue weighted by atomic mass is 10.2. The van der Waals surface area contributed by atoms with Gasteiger partial charge in [-0.1, -0.05) is 20.8 Å². The number of aromatic nitrogens is 1. The Labute approximate surface area is 116 Å². The number of nitrogens with one attached hydrogen (secondary N) is 1. The summed E-state index contributed by atoms with van der Waals surface area (Å²) in [6, 6.07) is 2.85.